The zero-order valence-corrected chi connectivity index (χ0v) is 18.9. The van der Waals surface area contributed by atoms with Gasteiger partial charge in [-0.1, -0.05) is 6.42 Å². The molecule has 1 aromatic heterocycles. The van der Waals surface area contributed by atoms with Gasteiger partial charge < -0.3 is 24.9 Å². The van der Waals surface area contributed by atoms with Gasteiger partial charge in [-0.25, -0.2) is 9.78 Å². The monoisotopic (exact) mass is 415 g/mol. The predicted octanol–water partition coefficient (Wildman–Crippen LogP) is 2.08. The number of rotatable bonds is 4. The van der Waals surface area contributed by atoms with Gasteiger partial charge in [0.25, 0.3) is 0 Å². The van der Waals surface area contributed by atoms with Crippen molar-refractivity contribution in [2.75, 3.05) is 63.2 Å². The molecule has 166 valence electrons. The lowest BCUT2D eigenvalue weighted by atomic mass is 10.00. The molecule has 0 atom stereocenters. The van der Waals surface area contributed by atoms with E-state index in [2.05, 4.69) is 20.0 Å². The first kappa shape index (κ1) is 21.2. The summed E-state index contributed by atoms with van der Waals surface area (Å²) in [5.74, 6) is 1.81. The maximum absolute atomic E-state index is 12.3. The second-order valence-electron chi connectivity index (χ2n) is 8.99. The Bertz CT molecular complexity index is 739. The summed E-state index contributed by atoms with van der Waals surface area (Å²) in [5, 5.41) is 2.91. The number of hydrogen-bond donors (Lipinski definition) is 1. The standard InChI is InChI=1S/C22H37N7O/c1-4-23-22(30)29-15-10-19-18(16-29)20(26(2)3)25-21(24-19)28-13-8-17(9-14-28)27-11-6-5-7-12-27/h17H,4-16H2,1-3H3,(H,23,30). The van der Waals surface area contributed by atoms with E-state index in [-0.39, 0.29) is 6.03 Å². The van der Waals surface area contributed by atoms with E-state index in [1.165, 1.54) is 45.2 Å². The lowest BCUT2D eigenvalue weighted by Gasteiger charge is -2.40. The fourth-order valence-corrected chi connectivity index (χ4v) is 5.05. The third-order valence-electron chi connectivity index (χ3n) is 6.72. The molecule has 3 aliphatic rings. The molecule has 3 aliphatic heterocycles. The van der Waals surface area contributed by atoms with Crippen molar-refractivity contribution in [2.24, 2.45) is 0 Å². The van der Waals surface area contributed by atoms with Gasteiger partial charge in [0.1, 0.15) is 5.82 Å². The molecule has 4 heterocycles. The molecule has 8 heteroatoms. The van der Waals surface area contributed by atoms with Crippen LogP contribution in [0.1, 0.15) is 50.3 Å². The molecule has 30 heavy (non-hydrogen) atoms. The van der Waals surface area contributed by atoms with E-state index in [1.54, 1.807) is 0 Å². The molecule has 0 aromatic carbocycles. The normalized spacial score (nSPS) is 20.8. The number of hydrogen-bond acceptors (Lipinski definition) is 6. The van der Waals surface area contributed by atoms with Crippen LogP contribution in [0.15, 0.2) is 0 Å². The summed E-state index contributed by atoms with van der Waals surface area (Å²) in [7, 11) is 4.06. The van der Waals surface area contributed by atoms with Crippen LogP contribution >= 0.6 is 0 Å². The Morgan fingerprint density at radius 3 is 2.47 bits per heavy atom. The van der Waals surface area contributed by atoms with Crippen molar-refractivity contribution in [3.8, 4) is 0 Å². The minimum atomic E-state index is -0.00304. The minimum Gasteiger partial charge on any atom is -0.362 e. The summed E-state index contributed by atoms with van der Waals surface area (Å²) >= 11 is 0. The van der Waals surface area contributed by atoms with Crippen LogP contribution in [-0.4, -0.2) is 85.2 Å². The van der Waals surface area contributed by atoms with E-state index in [4.69, 9.17) is 9.97 Å². The highest BCUT2D eigenvalue weighted by molar-refractivity contribution is 5.75. The Morgan fingerprint density at radius 2 is 1.80 bits per heavy atom. The molecule has 0 saturated carbocycles. The molecular weight excluding hydrogens is 378 g/mol. The fourth-order valence-electron chi connectivity index (χ4n) is 5.05. The van der Waals surface area contributed by atoms with Gasteiger partial charge in [0, 0.05) is 58.3 Å². The van der Waals surface area contributed by atoms with Crippen molar-refractivity contribution in [2.45, 2.75) is 58.0 Å². The molecule has 2 amide bonds. The molecule has 0 aliphatic carbocycles. The predicted molar refractivity (Wildman–Crippen MR) is 120 cm³/mol. The molecular formula is C22H37N7O. The highest BCUT2D eigenvalue weighted by Gasteiger charge is 2.30. The van der Waals surface area contributed by atoms with E-state index < -0.39 is 0 Å². The third kappa shape index (κ3) is 4.48. The first-order valence-electron chi connectivity index (χ1n) is 11.7. The molecule has 0 radical (unpaired) electrons. The van der Waals surface area contributed by atoms with Crippen LogP contribution in [-0.2, 0) is 13.0 Å². The van der Waals surface area contributed by atoms with Crippen LogP contribution in [0.3, 0.4) is 0 Å². The molecule has 0 spiro atoms. The Balaban J connectivity index is 1.48. The maximum Gasteiger partial charge on any atom is 0.317 e. The van der Waals surface area contributed by atoms with Gasteiger partial charge in [-0.15, -0.1) is 0 Å². The van der Waals surface area contributed by atoms with Gasteiger partial charge in [0.2, 0.25) is 5.95 Å². The van der Waals surface area contributed by atoms with Gasteiger partial charge in [0.15, 0.2) is 0 Å². The van der Waals surface area contributed by atoms with Gasteiger partial charge in [-0.2, -0.15) is 4.98 Å². The average molecular weight is 416 g/mol. The van der Waals surface area contributed by atoms with Crippen molar-refractivity contribution in [1.82, 2.24) is 25.1 Å². The van der Waals surface area contributed by atoms with Crippen molar-refractivity contribution < 1.29 is 4.79 Å². The summed E-state index contributed by atoms with van der Waals surface area (Å²) in [5.41, 5.74) is 2.19. The van der Waals surface area contributed by atoms with Gasteiger partial charge in [0.05, 0.1) is 12.2 Å². The number of fused-ring (bicyclic) bond motifs is 1. The number of carbonyl (C=O) groups is 1. The van der Waals surface area contributed by atoms with E-state index in [9.17, 15) is 4.79 Å². The lowest BCUT2D eigenvalue weighted by molar-refractivity contribution is 0.141. The van der Waals surface area contributed by atoms with E-state index >= 15 is 0 Å². The number of likely N-dealkylation sites (tertiary alicyclic amines) is 1. The first-order valence-corrected chi connectivity index (χ1v) is 11.7. The second-order valence-corrected chi connectivity index (χ2v) is 8.99. The molecule has 2 fully saturated rings. The highest BCUT2D eigenvalue weighted by atomic mass is 16.2. The number of carbonyl (C=O) groups excluding carboxylic acids is 1. The van der Waals surface area contributed by atoms with Crippen LogP contribution in [0.4, 0.5) is 16.6 Å². The van der Waals surface area contributed by atoms with Crippen LogP contribution < -0.4 is 15.1 Å². The first-order chi connectivity index (χ1) is 14.6. The molecule has 0 bridgehead atoms. The Morgan fingerprint density at radius 1 is 1.07 bits per heavy atom. The van der Waals surface area contributed by atoms with Crippen LogP contribution in [0, 0.1) is 0 Å². The summed E-state index contributed by atoms with van der Waals surface area (Å²) in [6.45, 7) is 8.47. The summed E-state index contributed by atoms with van der Waals surface area (Å²) < 4.78 is 0. The number of aromatic nitrogens is 2. The number of nitrogens with one attached hydrogen (secondary N) is 1. The van der Waals surface area contributed by atoms with E-state index in [1.807, 2.05) is 25.9 Å². The van der Waals surface area contributed by atoms with Crippen LogP contribution in [0.2, 0.25) is 0 Å². The van der Waals surface area contributed by atoms with E-state index in [0.717, 1.165) is 48.6 Å². The topological polar surface area (TPSA) is 67.8 Å². The zero-order chi connectivity index (χ0) is 21.1. The zero-order valence-electron chi connectivity index (χ0n) is 18.9. The van der Waals surface area contributed by atoms with Gasteiger partial charge in [-0.3, -0.25) is 0 Å². The SMILES string of the molecule is CCNC(=O)N1CCc2nc(N3CCC(N4CCCCC4)CC3)nc(N(C)C)c2C1. The average Bonchev–Trinajstić information content (AvgIpc) is 2.78. The summed E-state index contributed by atoms with van der Waals surface area (Å²) in [6.07, 6.45) is 7.28. The van der Waals surface area contributed by atoms with Crippen molar-refractivity contribution in [3.63, 3.8) is 0 Å². The largest absolute Gasteiger partial charge is 0.362 e. The Hall–Kier alpha value is -2.09. The summed E-state index contributed by atoms with van der Waals surface area (Å²) in [6, 6.07) is 0.717. The second kappa shape index (κ2) is 9.37. The quantitative estimate of drug-likeness (QED) is 0.812. The molecule has 1 N–H and O–H groups in total. The number of piperidine rings is 2. The van der Waals surface area contributed by atoms with E-state index in [0.29, 0.717) is 19.6 Å². The number of anilines is 2. The third-order valence-corrected chi connectivity index (χ3v) is 6.72. The molecule has 0 unspecified atom stereocenters. The van der Waals surface area contributed by atoms with Gasteiger partial charge in [-0.05, 0) is 45.7 Å². The smallest absolute Gasteiger partial charge is 0.317 e. The van der Waals surface area contributed by atoms with Crippen molar-refractivity contribution in [3.05, 3.63) is 11.3 Å². The van der Waals surface area contributed by atoms with Crippen molar-refractivity contribution >= 4 is 17.8 Å². The molecule has 2 saturated heterocycles. The van der Waals surface area contributed by atoms with Crippen molar-refractivity contribution in [1.29, 1.82) is 0 Å². The molecule has 8 nitrogen and oxygen atoms in total. The molecule has 1 aromatic rings. The van der Waals surface area contributed by atoms with Gasteiger partial charge >= 0.3 is 6.03 Å². The maximum atomic E-state index is 12.3. The Labute approximate surface area is 180 Å². The number of amides is 2. The molecule has 4 rings (SSSR count). The summed E-state index contributed by atoms with van der Waals surface area (Å²) in [4.78, 5) is 31.2. The van der Waals surface area contributed by atoms with Crippen LogP contribution in [0.5, 0.6) is 0 Å². The minimum absolute atomic E-state index is 0.00304. The highest BCUT2D eigenvalue weighted by Crippen LogP contribution is 2.30. The fraction of sp³-hybridized carbons (Fsp3) is 0.773. The number of urea groups is 1. The Kier molecular flexibility index (Phi) is 6.61. The number of nitrogens with zero attached hydrogens (tertiary/aromatic N) is 6. The van der Waals surface area contributed by atoms with Crippen LogP contribution in [0.25, 0.3) is 0 Å². The lowest BCUT2D eigenvalue weighted by Crippen LogP contribution is -2.47.